The van der Waals surface area contributed by atoms with Crippen LogP contribution in [0.1, 0.15) is 23.2 Å². The number of nitro benzene ring substituents is 1. The molecule has 35 heavy (non-hydrogen) atoms. The van der Waals surface area contributed by atoms with Gasteiger partial charge in [-0.2, -0.15) is 0 Å². The van der Waals surface area contributed by atoms with Crippen LogP contribution in [0.25, 0.3) is 22.6 Å². The number of nitrogens with one attached hydrogen (secondary N) is 2. The normalized spacial score (nSPS) is 13.1. The van der Waals surface area contributed by atoms with E-state index in [4.69, 9.17) is 16.6 Å². The first-order valence-electron chi connectivity index (χ1n) is 11.1. The molecule has 5 rings (SSSR count). The van der Waals surface area contributed by atoms with Gasteiger partial charge in [-0.25, -0.2) is 4.98 Å². The van der Waals surface area contributed by atoms with E-state index in [9.17, 15) is 14.9 Å². The molecule has 0 unspecified atom stereocenters. The Balaban J connectivity index is 1.28. The molecule has 0 aliphatic carbocycles. The van der Waals surface area contributed by atoms with Crippen molar-refractivity contribution in [1.82, 2.24) is 10.3 Å². The molecule has 0 saturated carbocycles. The number of thiocarbonyl (C=S) groups is 1. The first kappa shape index (κ1) is 22.5. The largest absolute Gasteiger partial charge is 0.436 e. The van der Waals surface area contributed by atoms with Crippen LogP contribution in [0.5, 0.6) is 0 Å². The number of benzene rings is 3. The van der Waals surface area contributed by atoms with E-state index in [1.54, 1.807) is 30.3 Å². The topological polar surface area (TPSA) is 114 Å². The van der Waals surface area contributed by atoms with Crippen molar-refractivity contribution in [2.75, 3.05) is 23.3 Å². The Kier molecular flexibility index (Phi) is 6.11. The highest BCUT2D eigenvalue weighted by Crippen LogP contribution is 2.32. The number of carbonyl (C=O) groups is 1. The molecule has 2 heterocycles. The Bertz CT molecular complexity index is 1430. The van der Waals surface area contributed by atoms with Crippen molar-refractivity contribution in [3.8, 4) is 11.5 Å². The van der Waals surface area contributed by atoms with E-state index in [-0.39, 0.29) is 16.4 Å². The zero-order valence-electron chi connectivity index (χ0n) is 18.6. The number of anilines is 2. The molecule has 4 aromatic rings. The molecule has 2 N–H and O–H groups in total. The summed E-state index contributed by atoms with van der Waals surface area (Å²) < 4.78 is 5.81. The smallest absolute Gasteiger partial charge is 0.293 e. The van der Waals surface area contributed by atoms with E-state index in [1.165, 1.54) is 6.07 Å². The van der Waals surface area contributed by atoms with Crippen molar-refractivity contribution in [1.29, 1.82) is 0 Å². The van der Waals surface area contributed by atoms with E-state index in [0.717, 1.165) is 31.5 Å². The Morgan fingerprint density at radius 3 is 2.57 bits per heavy atom. The number of fused-ring (bicyclic) bond motifs is 1. The summed E-state index contributed by atoms with van der Waals surface area (Å²) in [6.07, 6.45) is 1.99. The molecule has 1 amide bonds. The standard InChI is InChI=1S/C25H21N5O4S/c31-23(17-8-10-20(21(14-17)30(32)33)29-12-4-5-13-29)28-25(35)26-18-9-11-22-19(15-18)27-24(34-22)16-6-2-1-3-7-16/h1-3,6-11,14-15H,4-5,12-13H2,(H2,26,28,31,35). The SMILES string of the molecule is O=C(NC(=S)Nc1ccc2oc(-c3ccccc3)nc2c1)c1ccc(N2CCCC2)c([N+](=O)[O-])c1. The number of hydrogen-bond donors (Lipinski definition) is 2. The lowest BCUT2D eigenvalue weighted by atomic mass is 10.1. The maximum Gasteiger partial charge on any atom is 0.293 e. The second-order valence-corrected chi connectivity index (χ2v) is 8.54. The predicted octanol–water partition coefficient (Wildman–Crippen LogP) is 5.13. The van der Waals surface area contributed by atoms with Crippen molar-refractivity contribution in [2.45, 2.75) is 12.8 Å². The number of rotatable bonds is 5. The molecule has 10 heteroatoms. The molecule has 3 aromatic carbocycles. The fourth-order valence-electron chi connectivity index (χ4n) is 4.08. The molecule has 0 atom stereocenters. The van der Waals surface area contributed by atoms with Gasteiger partial charge in [0.2, 0.25) is 5.89 Å². The third kappa shape index (κ3) is 4.82. The lowest BCUT2D eigenvalue weighted by Crippen LogP contribution is -2.34. The second kappa shape index (κ2) is 9.51. The highest BCUT2D eigenvalue weighted by atomic mass is 32.1. The third-order valence-corrected chi connectivity index (χ3v) is 5.98. The first-order valence-corrected chi connectivity index (χ1v) is 11.5. The quantitative estimate of drug-likeness (QED) is 0.226. The zero-order chi connectivity index (χ0) is 24.4. The Hall–Kier alpha value is -4.31. The molecule has 1 aromatic heterocycles. The van der Waals surface area contributed by atoms with Crippen molar-refractivity contribution in [3.05, 3.63) is 82.4 Å². The molecule has 1 aliphatic heterocycles. The minimum atomic E-state index is -0.535. The Labute approximate surface area is 205 Å². The Morgan fingerprint density at radius 1 is 1.06 bits per heavy atom. The van der Waals surface area contributed by atoms with E-state index >= 15 is 0 Å². The summed E-state index contributed by atoms with van der Waals surface area (Å²) in [4.78, 5) is 30.4. The van der Waals surface area contributed by atoms with Crippen LogP contribution in [0.4, 0.5) is 17.1 Å². The highest BCUT2D eigenvalue weighted by Gasteiger charge is 2.24. The summed E-state index contributed by atoms with van der Waals surface area (Å²) in [6, 6.07) is 19.3. The average molecular weight is 488 g/mol. The van der Waals surface area contributed by atoms with Gasteiger partial charge in [0.1, 0.15) is 11.2 Å². The number of carbonyl (C=O) groups excluding carboxylic acids is 1. The van der Waals surface area contributed by atoms with E-state index < -0.39 is 10.8 Å². The fourth-order valence-corrected chi connectivity index (χ4v) is 4.29. The van der Waals surface area contributed by atoms with Gasteiger partial charge in [0.05, 0.1) is 4.92 Å². The van der Waals surface area contributed by atoms with Crippen LogP contribution in [0, 0.1) is 10.1 Å². The molecule has 176 valence electrons. The monoisotopic (exact) mass is 487 g/mol. The first-order chi connectivity index (χ1) is 17.0. The molecule has 1 aliphatic rings. The molecule has 0 spiro atoms. The van der Waals surface area contributed by atoms with Crippen LogP contribution < -0.4 is 15.5 Å². The van der Waals surface area contributed by atoms with Gasteiger partial charge in [-0.3, -0.25) is 20.2 Å². The van der Waals surface area contributed by atoms with E-state index in [2.05, 4.69) is 15.6 Å². The van der Waals surface area contributed by atoms with Crippen LogP contribution in [-0.4, -0.2) is 34.0 Å². The molecule has 0 radical (unpaired) electrons. The number of nitrogens with zero attached hydrogens (tertiary/aromatic N) is 3. The minimum Gasteiger partial charge on any atom is -0.436 e. The van der Waals surface area contributed by atoms with Gasteiger partial charge >= 0.3 is 0 Å². The number of nitro groups is 1. The molecule has 0 bridgehead atoms. The highest BCUT2D eigenvalue weighted by molar-refractivity contribution is 7.80. The summed E-state index contributed by atoms with van der Waals surface area (Å²) in [7, 11) is 0. The lowest BCUT2D eigenvalue weighted by molar-refractivity contribution is -0.384. The van der Waals surface area contributed by atoms with Gasteiger partial charge in [0, 0.05) is 36.0 Å². The van der Waals surface area contributed by atoms with Crippen molar-refractivity contribution in [3.63, 3.8) is 0 Å². The summed E-state index contributed by atoms with van der Waals surface area (Å²) in [6.45, 7) is 1.53. The number of aromatic nitrogens is 1. The van der Waals surface area contributed by atoms with Crippen LogP contribution in [0.15, 0.2) is 71.1 Å². The predicted molar refractivity (Wildman–Crippen MR) is 138 cm³/mol. The van der Waals surface area contributed by atoms with Crippen molar-refractivity contribution < 1.29 is 14.1 Å². The summed E-state index contributed by atoms with van der Waals surface area (Å²) >= 11 is 5.29. The fraction of sp³-hybridized carbons (Fsp3) is 0.160. The zero-order valence-corrected chi connectivity index (χ0v) is 19.4. The maximum absolute atomic E-state index is 12.7. The third-order valence-electron chi connectivity index (χ3n) is 5.77. The number of oxazole rings is 1. The number of amides is 1. The molecular formula is C25H21N5O4S. The van der Waals surface area contributed by atoms with Gasteiger partial charge in [0.15, 0.2) is 10.7 Å². The second-order valence-electron chi connectivity index (χ2n) is 8.13. The van der Waals surface area contributed by atoms with Crippen LogP contribution in [0.2, 0.25) is 0 Å². The lowest BCUT2D eigenvalue weighted by Gasteiger charge is -2.18. The summed E-state index contributed by atoms with van der Waals surface area (Å²) in [5, 5.41) is 17.2. The molecule has 1 saturated heterocycles. The van der Waals surface area contributed by atoms with Gasteiger partial charge in [-0.05, 0) is 67.5 Å². The van der Waals surface area contributed by atoms with Crippen molar-refractivity contribution >= 4 is 51.4 Å². The van der Waals surface area contributed by atoms with Crippen LogP contribution in [-0.2, 0) is 0 Å². The van der Waals surface area contributed by atoms with Crippen LogP contribution in [0.3, 0.4) is 0 Å². The number of hydrogen-bond acceptors (Lipinski definition) is 7. The molecule has 1 fully saturated rings. The average Bonchev–Trinajstić information content (AvgIpc) is 3.54. The molecular weight excluding hydrogens is 466 g/mol. The Morgan fingerprint density at radius 2 is 1.83 bits per heavy atom. The van der Waals surface area contributed by atoms with E-state index in [0.29, 0.717) is 28.4 Å². The van der Waals surface area contributed by atoms with Gasteiger partial charge in [-0.15, -0.1) is 0 Å². The molecule has 9 nitrogen and oxygen atoms in total. The summed E-state index contributed by atoms with van der Waals surface area (Å²) in [5.74, 6) is -0.0277. The maximum atomic E-state index is 12.7. The van der Waals surface area contributed by atoms with Gasteiger partial charge < -0.3 is 14.6 Å². The van der Waals surface area contributed by atoms with Gasteiger partial charge in [0.25, 0.3) is 11.6 Å². The van der Waals surface area contributed by atoms with Gasteiger partial charge in [-0.1, -0.05) is 18.2 Å². The summed E-state index contributed by atoms with van der Waals surface area (Å²) in [5.41, 5.74) is 3.33. The van der Waals surface area contributed by atoms with E-state index in [1.807, 2.05) is 35.2 Å². The van der Waals surface area contributed by atoms with Crippen molar-refractivity contribution in [2.24, 2.45) is 0 Å². The minimum absolute atomic E-state index is 0.0624. The van der Waals surface area contributed by atoms with Crippen LogP contribution >= 0.6 is 12.2 Å².